The van der Waals surface area contributed by atoms with E-state index >= 15 is 0 Å². The number of carbonyl (C=O) groups is 1. The zero-order valence-electron chi connectivity index (χ0n) is 9.06. The first-order valence-electron chi connectivity index (χ1n) is 5.14. The van der Waals surface area contributed by atoms with Gasteiger partial charge in [0.05, 0.1) is 6.10 Å². The molecule has 15 heavy (non-hydrogen) atoms. The fraction of sp³-hybridized carbons (Fsp3) is 0.417. The Labute approximate surface area is 89.7 Å². The van der Waals surface area contributed by atoms with Crippen LogP contribution in [0.5, 0.6) is 5.75 Å². The lowest BCUT2D eigenvalue weighted by Gasteiger charge is -2.12. The molecule has 1 N–H and O–H groups in total. The molecule has 0 radical (unpaired) electrons. The highest BCUT2D eigenvalue weighted by Gasteiger charge is 2.14. The van der Waals surface area contributed by atoms with Crippen LogP contribution in [-0.4, -0.2) is 17.2 Å². The van der Waals surface area contributed by atoms with Gasteiger partial charge in [-0.1, -0.05) is 25.5 Å². The number of aromatic hydroxyl groups is 1. The van der Waals surface area contributed by atoms with Gasteiger partial charge < -0.3 is 9.84 Å². The van der Waals surface area contributed by atoms with E-state index in [1.165, 1.54) is 6.07 Å². The van der Waals surface area contributed by atoms with Crippen LogP contribution in [0.1, 0.15) is 37.0 Å². The number of esters is 1. The van der Waals surface area contributed by atoms with Gasteiger partial charge in [0.25, 0.3) is 0 Å². The molecule has 0 aliphatic rings. The van der Waals surface area contributed by atoms with E-state index in [0.29, 0.717) is 0 Å². The van der Waals surface area contributed by atoms with Gasteiger partial charge in [-0.15, -0.1) is 0 Å². The molecule has 3 heteroatoms. The summed E-state index contributed by atoms with van der Waals surface area (Å²) in [6.07, 6.45) is 1.69. The molecule has 1 unspecified atom stereocenters. The van der Waals surface area contributed by atoms with Crippen LogP contribution in [-0.2, 0) is 4.74 Å². The van der Waals surface area contributed by atoms with Gasteiger partial charge >= 0.3 is 5.97 Å². The van der Waals surface area contributed by atoms with Crippen molar-refractivity contribution >= 4 is 5.97 Å². The van der Waals surface area contributed by atoms with E-state index in [1.807, 2.05) is 13.8 Å². The minimum atomic E-state index is -0.464. The van der Waals surface area contributed by atoms with Crippen LogP contribution in [0.25, 0.3) is 0 Å². The van der Waals surface area contributed by atoms with Crippen molar-refractivity contribution in [2.75, 3.05) is 0 Å². The van der Waals surface area contributed by atoms with Crippen LogP contribution < -0.4 is 0 Å². The molecule has 1 rings (SSSR count). The van der Waals surface area contributed by atoms with Gasteiger partial charge in [-0.25, -0.2) is 4.79 Å². The third kappa shape index (κ3) is 3.27. The number of hydrogen-bond acceptors (Lipinski definition) is 3. The molecule has 0 heterocycles. The van der Waals surface area contributed by atoms with Crippen LogP contribution >= 0.6 is 0 Å². The summed E-state index contributed by atoms with van der Waals surface area (Å²) in [6.45, 7) is 3.88. The van der Waals surface area contributed by atoms with E-state index in [1.54, 1.807) is 18.2 Å². The van der Waals surface area contributed by atoms with E-state index in [2.05, 4.69) is 0 Å². The molecule has 0 aromatic heterocycles. The Morgan fingerprint density at radius 3 is 2.73 bits per heavy atom. The van der Waals surface area contributed by atoms with Crippen molar-refractivity contribution in [3.63, 3.8) is 0 Å². The van der Waals surface area contributed by atoms with Crippen molar-refractivity contribution in [2.24, 2.45) is 0 Å². The molecule has 1 atom stereocenters. The maximum absolute atomic E-state index is 11.6. The van der Waals surface area contributed by atoms with Crippen LogP contribution in [0.4, 0.5) is 0 Å². The molecule has 0 spiro atoms. The average molecular weight is 208 g/mol. The molecule has 0 saturated carbocycles. The van der Waals surface area contributed by atoms with E-state index in [-0.39, 0.29) is 17.4 Å². The Hall–Kier alpha value is -1.51. The van der Waals surface area contributed by atoms with Crippen molar-refractivity contribution in [2.45, 2.75) is 32.8 Å². The molecule has 0 aliphatic heterocycles. The zero-order chi connectivity index (χ0) is 11.3. The van der Waals surface area contributed by atoms with Crippen LogP contribution in [0, 0.1) is 0 Å². The quantitative estimate of drug-likeness (QED) is 0.774. The predicted molar refractivity (Wildman–Crippen MR) is 57.9 cm³/mol. The number of ether oxygens (including phenoxy) is 1. The number of phenols is 1. The summed E-state index contributed by atoms with van der Waals surface area (Å²) >= 11 is 0. The number of benzene rings is 1. The molecule has 82 valence electrons. The molecule has 3 nitrogen and oxygen atoms in total. The lowest BCUT2D eigenvalue weighted by atomic mass is 10.2. The number of phenolic OH excluding ortho intramolecular Hbond substituents is 1. The van der Waals surface area contributed by atoms with E-state index in [0.717, 1.165) is 12.8 Å². The Morgan fingerprint density at radius 1 is 1.47 bits per heavy atom. The first kappa shape index (κ1) is 11.6. The first-order chi connectivity index (χ1) is 7.15. The second-order valence-corrected chi connectivity index (χ2v) is 3.52. The summed E-state index contributed by atoms with van der Waals surface area (Å²) in [5.41, 5.74) is 0.223. The van der Waals surface area contributed by atoms with E-state index < -0.39 is 5.97 Å². The molecule has 0 bridgehead atoms. The highest BCUT2D eigenvalue weighted by Crippen LogP contribution is 2.17. The number of rotatable bonds is 4. The summed E-state index contributed by atoms with van der Waals surface area (Å²) in [5.74, 6) is -0.500. The number of carbonyl (C=O) groups excluding carboxylic acids is 1. The van der Waals surface area contributed by atoms with Crippen molar-refractivity contribution in [3.8, 4) is 5.75 Å². The van der Waals surface area contributed by atoms with Gasteiger partial charge in [-0.2, -0.15) is 0 Å². The Balaban J connectivity index is 2.65. The normalized spacial score (nSPS) is 12.1. The minimum Gasteiger partial charge on any atom is -0.507 e. The Kier molecular flexibility index (Phi) is 4.16. The van der Waals surface area contributed by atoms with Crippen LogP contribution in [0.15, 0.2) is 24.3 Å². The Morgan fingerprint density at radius 2 is 2.13 bits per heavy atom. The number of para-hydroxylation sites is 1. The third-order valence-corrected chi connectivity index (χ3v) is 2.13. The average Bonchev–Trinajstić information content (AvgIpc) is 2.18. The smallest absolute Gasteiger partial charge is 0.342 e. The summed E-state index contributed by atoms with van der Waals surface area (Å²) in [4.78, 5) is 11.6. The minimum absolute atomic E-state index is 0.0359. The number of hydrogen-bond donors (Lipinski definition) is 1. The summed E-state index contributed by atoms with van der Waals surface area (Å²) in [5, 5.41) is 9.42. The maximum atomic E-state index is 11.6. The fourth-order valence-electron chi connectivity index (χ4n) is 1.36. The summed E-state index contributed by atoms with van der Waals surface area (Å²) < 4.78 is 5.16. The SMILES string of the molecule is CCCC(C)OC(=O)c1ccccc1O. The van der Waals surface area contributed by atoms with E-state index in [4.69, 9.17) is 4.74 Å². The summed E-state index contributed by atoms with van der Waals surface area (Å²) in [6, 6.07) is 6.39. The molecular formula is C12H16O3. The summed E-state index contributed by atoms with van der Waals surface area (Å²) in [7, 11) is 0. The van der Waals surface area contributed by atoms with Gasteiger partial charge in [0.2, 0.25) is 0 Å². The van der Waals surface area contributed by atoms with Crippen molar-refractivity contribution in [1.82, 2.24) is 0 Å². The van der Waals surface area contributed by atoms with Gasteiger partial charge in [0.1, 0.15) is 11.3 Å². The van der Waals surface area contributed by atoms with Crippen molar-refractivity contribution in [3.05, 3.63) is 29.8 Å². The maximum Gasteiger partial charge on any atom is 0.342 e. The lowest BCUT2D eigenvalue weighted by Crippen LogP contribution is -2.14. The third-order valence-electron chi connectivity index (χ3n) is 2.13. The topological polar surface area (TPSA) is 46.5 Å². The van der Waals surface area contributed by atoms with Gasteiger partial charge in [0, 0.05) is 0 Å². The first-order valence-corrected chi connectivity index (χ1v) is 5.14. The highest BCUT2D eigenvalue weighted by molar-refractivity contribution is 5.92. The van der Waals surface area contributed by atoms with Crippen molar-refractivity contribution < 1.29 is 14.6 Å². The molecule has 1 aromatic carbocycles. The van der Waals surface area contributed by atoms with Crippen molar-refractivity contribution in [1.29, 1.82) is 0 Å². The molecule has 0 aliphatic carbocycles. The zero-order valence-corrected chi connectivity index (χ0v) is 9.06. The van der Waals surface area contributed by atoms with Gasteiger partial charge in [0.15, 0.2) is 0 Å². The largest absolute Gasteiger partial charge is 0.507 e. The molecule has 0 amide bonds. The molecule has 1 aromatic rings. The lowest BCUT2D eigenvalue weighted by molar-refractivity contribution is 0.0320. The standard InChI is InChI=1S/C12H16O3/c1-3-6-9(2)15-12(14)10-7-4-5-8-11(10)13/h4-5,7-9,13H,3,6H2,1-2H3. The Bertz CT molecular complexity index is 333. The fourth-order valence-corrected chi connectivity index (χ4v) is 1.36. The molecular weight excluding hydrogens is 192 g/mol. The second-order valence-electron chi connectivity index (χ2n) is 3.52. The molecule has 0 fully saturated rings. The van der Waals surface area contributed by atoms with Gasteiger partial charge in [-0.3, -0.25) is 0 Å². The molecule has 0 saturated heterocycles. The predicted octanol–water partition coefficient (Wildman–Crippen LogP) is 2.74. The second kappa shape index (κ2) is 5.39. The monoisotopic (exact) mass is 208 g/mol. The van der Waals surface area contributed by atoms with Crippen LogP contribution in [0.2, 0.25) is 0 Å². The van der Waals surface area contributed by atoms with E-state index in [9.17, 15) is 9.90 Å². The van der Waals surface area contributed by atoms with Gasteiger partial charge in [-0.05, 0) is 25.5 Å². The van der Waals surface area contributed by atoms with Crippen LogP contribution in [0.3, 0.4) is 0 Å². The highest BCUT2D eigenvalue weighted by atomic mass is 16.5.